The van der Waals surface area contributed by atoms with E-state index in [-0.39, 0.29) is 17.1 Å². The van der Waals surface area contributed by atoms with E-state index in [0.29, 0.717) is 13.2 Å². The Bertz CT molecular complexity index is 492. The van der Waals surface area contributed by atoms with Crippen LogP contribution in [-0.2, 0) is 26.1 Å². The Balaban J connectivity index is 1.91. The van der Waals surface area contributed by atoms with Crippen LogP contribution in [0, 0.1) is 0 Å². The monoisotopic (exact) mass is 280 g/mol. The summed E-state index contributed by atoms with van der Waals surface area (Å²) in [4.78, 5) is 9.98. The molecule has 1 aromatic rings. The summed E-state index contributed by atoms with van der Waals surface area (Å²) in [5.74, 6) is 0.130. The number of hydrogen-bond acceptors (Lipinski definition) is 5. The van der Waals surface area contributed by atoms with Gasteiger partial charge in [0.05, 0.1) is 36.0 Å². The van der Waals surface area contributed by atoms with Crippen LogP contribution in [-0.4, -0.2) is 41.3 Å². The standard InChI is InChI=1S/C13H21BN2O4/c1-12(2)13(3,4)20-14(19-12)10-6-16(5)15-11(10)9-7-17-18-8-9/h6,9H,7-8H2,1-5H3. The van der Waals surface area contributed by atoms with Gasteiger partial charge in [0.1, 0.15) is 0 Å². The maximum atomic E-state index is 6.11. The van der Waals surface area contributed by atoms with Crippen LogP contribution in [0.25, 0.3) is 0 Å². The van der Waals surface area contributed by atoms with Gasteiger partial charge in [-0.3, -0.25) is 4.68 Å². The van der Waals surface area contributed by atoms with Crippen molar-refractivity contribution in [3.63, 3.8) is 0 Å². The zero-order valence-corrected chi connectivity index (χ0v) is 12.7. The minimum absolute atomic E-state index is 0.130. The molecule has 0 atom stereocenters. The van der Waals surface area contributed by atoms with E-state index in [9.17, 15) is 0 Å². The largest absolute Gasteiger partial charge is 0.498 e. The maximum Gasteiger partial charge on any atom is 0.498 e. The third kappa shape index (κ3) is 2.18. The predicted molar refractivity (Wildman–Crippen MR) is 73.6 cm³/mol. The van der Waals surface area contributed by atoms with Crippen LogP contribution in [0.1, 0.15) is 39.3 Å². The number of hydrogen-bond donors (Lipinski definition) is 0. The van der Waals surface area contributed by atoms with Gasteiger partial charge in [0.25, 0.3) is 0 Å². The Morgan fingerprint density at radius 3 is 2.25 bits per heavy atom. The minimum Gasteiger partial charge on any atom is -0.399 e. The molecule has 0 saturated carbocycles. The van der Waals surface area contributed by atoms with Gasteiger partial charge in [-0.25, -0.2) is 9.78 Å². The molecule has 0 bridgehead atoms. The Kier molecular flexibility index (Phi) is 3.21. The SMILES string of the molecule is Cn1cc(B2OC(C)(C)C(C)(C)O2)c(C2COOC2)n1. The fraction of sp³-hybridized carbons (Fsp3) is 0.769. The smallest absolute Gasteiger partial charge is 0.399 e. The highest BCUT2D eigenvalue weighted by molar-refractivity contribution is 6.62. The molecule has 0 radical (unpaired) electrons. The lowest BCUT2D eigenvalue weighted by molar-refractivity contribution is -0.248. The molecule has 3 heterocycles. The zero-order valence-electron chi connectivity index (χ0n) is 12.7. The van der Waals surface area contributed by atoms with E-state index in [1.807, 2.05) is 40.9 Å². The predicted octanol–water partition coefficient (Wildman–Crippen LogP) is 0.765. The molecule has 20 heavy (non-hydrogen) atoms. The molecular formula is C13H21BN2O4. The fourth-order valence-electron chi connectivity index (χ4n) is 2.46. The average Bonchev–Trinajstić information content (AvgIpc) is 2.98. The van der Waals surface area contributed by atoms with Crippen LogP contribution in [0.4, 0.5) is 0 Å². The Hall–Kier alpha value is -0.885. The summed E-state index contributed by atoms with van der Waals surface area (Å²) < 4.78 is 14.0. The summed E-state index contributed by atoms with van der Waals surface area (Å²) in [6.07, 6.45) is 1.95. The van der Waals surface area contributed by atoms with Crippen molar-refractivity contribution in [1.29, 1.82) is 0 Å². The first kappa shape index (κ1) is 14.1. The van der Waals surface area contributed by atoms with E-state index in [2.05, 4.69) is 5.10 Å². The summed E-state index contributed by atoms with van der Waals surface area (Å²) in [5, 5.41) is 4.53. The summed E-state index contributed by atoms with van der Waals surface area (Å²) in [5.41, 5.74) is 1.19. The molecule has 3 rings (SSSR count). The molecule has 0 aromatic carbocycles. The lowest BCUT2D eigenvalue weighted by atomic mass is 9.77. The van der Waals surface area contributed by atoms with Crippen molar-refractivity contribution >= 4 is 12.6 Å². The van der Waals surface area contributed by atoms with E-state index >= 15 is 0 Å². The maximum absolute atomic E-state index is 6.11. The number of aromatic nitrogens is 2. The molecule has 110 valence electrons. The van der Waals surface area contributed by atoms with Crippen LogP contribution < -0.4 is 5.46 Å². The molecule has 1 aromatic heterocycles. The second-order valence-electron chi connectivity index (χ2n) is 6.50. The van der Waals surface area contributed by atoms with Crippen molar-refractivity contribution in [3.05, 3.63) is 11.9 Å². The first-order chi connectivity index (χ1) is 9.30. The normalized spacial score (nSPS) is 25.6. The molecule has 2 saturated heterocycles. The van der Waals surface area contributed by atoms with Crippen molar-refractivity contribution < 1.29 is 19.1 Å². The lowest BCUT2D eigenvalue weighted by Crippen LogP contribution is -2.41. The summed E-state index contributed by atoms with van der Waals surface area (Å²) in [7, 11) is 1.50. The Morgan fingerprint density at radius 1 is 1.15 bits per heavy atom. The van der Waals surface area contributed by atoms with E-state index in [1.54, 1.807) is 4.68 Å². The van der Waals surface area contributed by atoms with Gasteiger partial charge in [-0.15, -0.1) is 0 Å². The van der Waals surface area contributed by atoms with E-state index in [0.717, 1.165) is 11.2 Å². The molecular weight excluding hydrogens is 259 g/mol. The molecule has 7 heteroatoms. The van der Waals surface area contributed by atoms with Crippen molar-refractivity contribution in [3.8, 4) is 0 Å². The van der Waals surface area contributed by atoms with Gasteiger partial charge in [0.15, 0.2) is 0 Å². The fourth-order valence-corrected chi connectivity index (χ4v) is 2.46. The first-order valence-corrected chi connectivity index (χ1v) is 6.94. The molecule has 0 N–H and O–H groups in total. The Morgan fingerprint density at radius 2 is 1.70 bits per heavy atom. The second kappa shape index (κ2) is 4.56. The molecule has 0 unspecified atom stereocenters. The van der Waals surface area contributed by atoms with Gasteiger partial charge in [-0.1, -0.05) is 0 Å². The third-order valence-corrected chi connectivity index (χ3v) is 4.40. The Labute approximate surface area is 119 Å². The van der Waals surface area contributed by atoms with Gasteiger partial charge in [-0.05, 0) is 27.7 Å². The van der Waals surface area contributed by atoms with E-state index in [1.165, 1.54) is 0 Å². The van der Waals surface area contributed by atoms with Crippen LogP contribution >= 0.6 is 0 Å². The van der Waals surface area contributed by atoms with E-state index in [4.69, 9.17) is 19.1 Å². The second-order valence-corrected chi connectivity index (χ2v) is 6.50. The van der Waals surface area contributed by atoms with Gasteiger partial charge in [0.2, 0.25) is 0 Å². The minimum atomic E-state index is -0.399. The number of aryl methyl sites for hydroxylation is 1. The third-order valence-electron chi connectivity index (χ3n) is 4.40. The highest BCUT2D eigenvalue weighted by atomic mass is 17.2. The van der Waals surface area contributed by atoms with Gasteiger partial charge in [0, 0.05) is 18.7 Å². The highest BCUT2D eigenvalue weighted by Crippen LogP contribution is 2.37. The van der Waals surface area contributed by atoms with Crippen molar-refractivity contribution in [2.75, 3.05) is 13.2 Å². The molecule has 0 amide bonds. The van der Waals surface area contributed by atoms with Crippen LogP contribution in [0.15, 0.2) is 6.20 Å². The molecule has 2 fully saturated rings. The summed E-state index contributed by atoms with van der Waals surface area (Å²) >= 11 is 0. The van der Waals surface area contributed by atoms with Crippen LogP contribution in [0.5, 0.6) is 0 Å². The van der Waals surface area contributed by atoms with Gasteiger partial charge in [-0.2, -0.15) is 5.10 Å². The molecule has 6 nitrogen and oxygen atoms in total. The van der Waals surface area contributed by atoms with Crippen LogP contribution in [0.2, 0.25) is 0 Å². The molecule has 0 aliphatic carbocycles. The van der Waals surface area contributed by atoms with Gasteiger partial charge >= 0.3 is 7.12 Å². The molecule has 0 spiro atoms. The quantitative estimate of drug-likeness (QED) is 0.591. The number of nitrogens with zero attached hydrogens (tertiary/aromatic N) is 2. The topological polar surface area (TPSA) is 54.7 Å². The summed E-state index contributed by atoms with van der Waals surface area (Å²) in [6.45, 7) is 9.22. The van der Waals surface area contributed by atoms with Crippen molar-refractivity contribution in [2.24, 2.45) is 7.05 Å². The van der Waals surface area contributed by atoms with Crippen molar-refractivity contribution in [1.82, 2.24) is 9.78 Å². The summed E-state index contributed by atoms with van der Waals surface area (Å²) in [6, 6.07) is 0. The molecule has 2 aliphatic rings. The average molecular weight is 280 g/mol. The van der Waals surface area contributed by atoms with Gasteiger partial charge < -0.3 is 9.31 Å². The highest BCUT2D eigenvalue weighted by Gasteiger charge is 2.53. The van der Waals surface area contributed by atoms with E-state index < -0.39 is 7.12 Å². The zero-order chi connectivity index (χ0) is 14.5. The van der Waals surface area contributed by atoms with Crippen molar-refractivity contribution in [2.45, 2.75) is 44.8 Å². The lowest BCUT2D eigenvalue weighted by Gasteiger charge is -2.32. The first-order valence-electron chi connectivity index (χ1n) is 6.94. The van der Waals surface area contributed by atoms with Crippen LogP contribution in [0.3, 0.4) is 0 Å². The number of rotatable bonds is 2. The molecule has 2 aliphatic heterocycles.